The topological polar surface area (TPSA) is 49.2 Å². The van der Waals surface area contributed by atoms with Crippen molar-refractivity contribution < 1.29 is 5.11 Å². The molecule has 1 aliphatic rings. The molecule has 1 saturated heterocycles. The lowest BCUT2D eigenvalue weighted by atomic mass is 10.0. The monoisotopic (exact) mass is 221 g/mol. The largest absolute Gasteiger partial charge is 0.390 e. The molecule has 4 heteroatoms. The third kappa shape index (κ3) is 2.32. The first kappa shape index (κ1) is 11.3. The first-order valence-corrected chi connectivity index (χ1v) is 6.04. The minimum Gasteiger partial charge on any atom is -0.390 e. The van der Waals surface area contributed by atoms with Crippen LogP contribution in [-0.4, -0.2) is 27.7 Å². The second kappa shape index (κ2) is 5.25. The van der Waals surface area contributed by atoms with Gasteiger partial charge in [0, 0.05) is 18.8 Å². The van der Waals surface area contributed by atoms with Crippen LogP contribution in [0.2, 0.25) is 0 Å². The van der Waals surface area contributed by atoms with Crippen LogP contribution in [-0.2, 0) is 6.61 Å². The maximum atomic E-state index is 9.07. The van der Waals surface area contributed by atoms with E-state index in [2.05, 4.69) is 21.8 Å². The molecule has 0 saturated carbocycles. The number of rotatable bonds is 3. The van der Waals surface area contributed by atoms with Gasteiger partial charge in [-0.3, -0.25) is 0 Å². The van der Waals surface area contributed by atoms with Crippen molar-refractivity contribution >= 4 is 5.95 Å². The van der Waals surface area contributed by atoms with Crippen LogP contribution in [0, 0.1) is 0 Å². The quantitative estimate of drug-likeness (QED) is 0.844. The smallest absolute Gasteiger partial charge is 0.225 e. The third-order valence-electron chi connectivity index (χ3n) is 3.22. The summed E-state index contributed by atoms with van der Waals surface area (Å²) in [5.74, 6) is 0.776. The molecule has 1 unspecified atom stereocenters. The standard InChI is InChI=1S/C12H19N3O/c1-2-11-5-3-4-8-15(11)12-13-7-6-10(9-16)14-12/h6-7,11,16H,2-5,8-9H2,1H3. The number of nitrogens with zero attached hydrogens (tertiary/aromatic N) is 3. The Bertz CT molecular complexity index is 343. The van der Waals surface area contributed by atoms with Gasteiger partial charge in [0.1, 0.15) is 0 Å². The number of aliphatic hydroxyl groups excluding tert-OH is 1. The van der Waals surface area contributed by atoms with Crippen molar-refractivity contribution in [2.24, 2.45) is 0 Å². The average Bonchev–Trinajstić information content (AvgIpc) is 2.38. The molecule has 0 radical (unpaired) electrons. The van der Waals surface area contributed by atoms with Crippen molar-refractivity contribution in [1.82, 2.24) is 9.97 Å². The highest BCUT2D eigenvalue weighted by Crippen LogP contribution is 2.23. The summed E-state index contributed by atoms with van der Waals surface area (Å²) in [5, 5.41) is 9.07. The Labute approximate surface area is 96.3 Å². The molecule has 1 atom stereocenters. The Morgan fingerprint density at radius 3 is 3.12 bits per heavy atom. The van der Waals surface area contributed by atoms with Crippen molar-refractivity contribution in [1.29, 1.82) is 0 Å². The summed E-state index contributed by atoms with van der Waals surface area (Å²) >= 11 is 0. The van der Waals surface area contributed by atoms with Gasteiger partial charge in [0.2, 0.25) is 5.95 Å². The van der Waals surface area contributed by atoms with E-state index in [0.717, 1.165) is 18.9 Å². The van der Waals surface area contributed by atoms with Crippen molar-refractivity contribution in [2.75, 3.05) is 11.4 Å². The van der Waals surface area contributed by atoms with E-state index in [1.807, 2.05) is 0 Å². The molecule has 0 bridgehead atoms. The Hall–Kier alpha value is -1.16. The Kier molecular flexibility index (Phi) is 3.72. The van der Waals surface area contributed by atoms with Crippen LogP contribution in [0.3, 0.4) is 0 Å². The van der Waals surface area contributed by atoms with Gasteiger partial charge in [-0.25, -0.2) is 9.97 Å². The fourth-order valence-electron chi connectivity index (χ4n) is 2.30. The van der Waals surface area contributed by atoms with E-state index in [1.54, 1.807) is 12.3 Å². The average molecular weight is 221 g/mol. The second-order valence-electron chi connectivity index (χ2n) is 4.26. The molecule has 16 heavy (non-hydrogen) atoms. The number of aromatic nitrogens is 2. The summed E-state index contributed by atoms with van der Waals surface area (Å²) in [4.78, 5) is 11.0. The predicted molar refractivity (Wildman–Crippen MR) is 63.2 cm³/mol. The fraction of sp³-hybridized carbons (Fsp3) is 0.667. The van der Waals surface area contributed by atoms with Crippen LogP contribution >= 0.6 is 0 Å². The first-order chi connectivity index (χ1) is 7.85. The molecule has 1 aromatic rings. The minimum atomic E-state index is -0.0137. The molecule has 1 aromatic heterocycles. The second-order valence-corrected chi connectivity index (χ2v) is 4.26. The molecule has 1 fully saturated rings. The fourth-order valence-corrected chi connectivity index (χ4v) is 2.30. The van der Waals surface area contributed by atoms with Crippen molar-refractivity contribution in [2.45, 2.75) is 45.3 Å². The summed E-state index contributed by atoms with van der Waals surface area (Å²) in [6.07, 6.45) is 6.60. The molecule has 2 heterocycles. The number of hydrogen-bond acceptors (Lipinski definition) is 4. The zero-order valence-electron chi connectivity index (χ0n) is 9.76. The molecule has 2 rings (SSSR count). The number of anilines is 1. The first-order valence-electron chi connectivity index (χ1n) is 6.04. The van der Waals surface area contributed by atoms with Gasteiger partial charge in [-0.2, -0.15) is 0 Å². The maximum absolute atomic E-state index is 9.07. The van der Waals surface area contributed by atoms with Crippen LogP contribution in [0.1, 0.15) is 38.3 Å². The molecule has 4 nitrogen and oxygen atoms in total. The number of aliphatic hydroxyl groups is 1. The van der Waals surface area contributed by atoms with E-state index in [4.69, 9.17) is 5.11 Å². The van der Waals surface area contributed by atoms with E-state index in [1.165, 1.54) is 19.3 Å². The van der Waals surface area contributed by atoms with Gasteiger partial charge in [-0.05, 0) is 31.7 Å². The van der Waals surface area contributed by atoms with Gasteiger partial charge in [-0.15, -0.1) is 0 Å². The summed E-state index contributed by atoms with van der Waals surface area (Å²) in [7, 11) is 0. The Morgan fingerprint density at radius 1 is 1.50 bits per heavy atom. The summed E-state index contributed by atoms with van der Waals surface area (Å²) in [6, 6.07) is 2.32. The Morgan fingerprint density at radius 2 is 2.38 bits per heavy atom. The van der Waals surface area contributed by atoms with E-state index < -0.39 is 0 Å². The summed E-state index contributed by atoms with van der Waals surface area (Å²) in [5.41, 5.74) is 0.699. The van der Waals surface area contributed by atoms with Gasteiger partial charge in [0.25, 0.3) is 0 Å². The highest BCUT2D eigenvalue weighted by atomic mass is 16.3. The van der Waals surface area contributed by atoms with E-state index in [0.29, 0.717) is 11.7 Å². The van der Waals surface area contributed by atoms with Gasteiger partial charge >= 0.3 is 0 Å². The van der Waals surface area contributed by atoms with Gasteiger partial charge in [-0.1, -0.05) is 6.92 Å². The van der Waals surface area contributed by atoms with Crippen LogP contribution < -0.4 is 4.90 Å². The zero-order chi connectivity index (χ0) is 11.4. The van der Waals surface area contributed by atoms with Gasteiger partial charge < -0.3 is 10.0 Å². The molecule has 0 spiro atoms. The Balaban J connectivity index is 2.20. The van der Waals surface area contributed by atoms with E-state index >= 15 is 0 Å². The maximum Gasteiger partial charge on any atom is 0.225 e. The lowest BCUT2D eigenvalue weighted by molar-refractivity contribution is 0.276. The lowest BCUT2D eigenvalue weighted by Gasteiger charge is -2.35. The molecular weight excluding hydrogens is 202 g/mol. The van der Waals surface area contributed by atoms with E-state index in [9.17, 15) is 0 Å². The van der Waals surface area contributed by atoms with Crippen LogP contribution in [0.4, 0.5) is 5.95 Å². The summed E-state index contributed by atoms with van der Waals surface area (Å²) in [6.45, 7) is 3.23. The normalized spacial score (nSPS) is 21.1. The summed E-state index contributed by atoms with van der Waals surface area (Å²) < 4.78 is 0. The highest BCUT2D eigenvalue weighted by molar-refractivity contribution is 5.32. The van der Waals surface area contributed by atoms with Crippen LogP contribution in [0.15, 0.2) is 12.3 Å². The SMILES string of the molecule is CCC1CCCCN1c1nccc(CO)n1. The van der Waals surface area contributed by atoms with Crippen molar-refractivity contribution in [3.63, 3.8) is 0 Å². The van der Waals surface area contributed by atoms with E-state index in [-0.39, 0.29) is 6.61 Å². The van der Waals surface area contributed by atoms with Crippen LogP contribution in [0.5, 0.6) is 0 Å². The predicted octanol–water partition coefficient (Wildman–Crippen LogP) is 1.74. The highest BCUT2D eigenvalue weighted by Gasteiger charge is 2.22. The zero-order valence-corrected chi connectivity index (χ0v) is 9.76. The van der Waals surface area contributed by atoms with Crippen LogP contribution in [0.25, 0.3) is 0 Å². The van der Waals surface area contributed by atoms with Gasteiger partial charge in [0.15, 0.2) is 0 Å². The minimum absolute atomic E-state index is 0.0137. The molecule has 1 aliphatic heterocycles. The van der Waals surface area contributed by atoms with Crippen molar-refractivity contribution in [3.8, 4) is 0 Å². The molecule has 88 valence electrons. The molecule has 1 N–H and O–H groups in total. The molecule has 0 aliphatic carbocycles. The third-order valence-corrected chi connectivity index (χ3v) is 3.22. The lowest BCUT2D eigenvalue weighted by Crippen LogP contribution is -2.40. The van der Waals surface area contributed by atoms with Crippen molar-refractivity contribution in [3.05, 3.63) is 18.0 Å². The molecule has 0 amide bonds. The number of hydrogen-bond donors (Lipinski definition) is 1. The molecular formula is C12H19N3O. The number of piperidine rings is 1. The molecule has 0 aromatic carbocycles. The van der Waals surface area contributed by atoms with Gasteiger partial charge in [0.05, 0.1) is 12.3 Å².